The average Bonchev–Trinajstić information content (AvgIpc) is 3.52. The van der Waals surface area contributed by atoms with Gasteiger partial charge < -0.3 is 19.4 Å². The van der Waals surface area contributed by atoms with Crippen LogP contribution < -0.4 is 14.8 Å². The number of ether oxygens (including phenoxy) is 2. The Labute approximate surface area is 210 Å². The fourth-order valence-electron chi connectivity index (χ4n) is 4.28. The van der Waals surface area contributed by atoms with Crippen LogP contribution in [0.5, 0.6) is 11.5 Å². The van der Waals surface area contributed by atoms with Crippen LogP contribution in [0, 0.1) is 18.6 Å². The van der Waals surface area contributed by atoms with Gasteiger partial charge in [-0.05, 0) is 43.3 Å². The number of benzene rings is 2. The number of anilines is 1. The van der Waals surface area contributed by atoms with E-state index in [0.29, 0.717) is 42.5 Å². The number of fused-ring (bicyclic) bond motifs is 1. The summed E-state index contributed by atoms with van der Waals surface area (Å²) < 4.78 is 42.2. The van der Waals surface area contributed by atoms with Crippen molar-refractivity contribution in [1.82, 2.24) is 35.2 Å². The number of methoxy groups -OCH3 is 1. The molecule has 0 radical (unpaired) electrons. The van der Waals surface area contributed by atoms with E-state index in [0.717, 1.165) is 16.6 Å². The summed E-state index contributed by atoms with van der Waals surface area (Å²) in [4.78, 5) is 8.58. The minimum Gasteiger partial charge on any atom is -0.496 e. The second kappa shape index (κ2) is 10.2. The van der Waals surface area contributed by atoms with E-state index < -0.39 is 5.82 Å². The molecule has 12 heteroatoms. The summed E-state index contributed by atoms with van der Waals surface area (Å²) in [6.07, 6.45) is 1.40. The molecule has 3 heterocycles. The van der Waals surface area contributed by atoms with Crippen molar-refractivity contribution in [2.24, 2.45) is 0 Å². The SMILES string of the molecule is CCOc1cc(-c2cc(NCCn3c(C)cc4c(OC)cc(F)cc43)ncn2)cc(F)c1-c1nn[nH]n1. The number of hydrogen-bond donors (Lipinski definition) is 2. The molecule has 37 heavy (non-hydrogen) atoms. The van der Waals surface area contributed by atoms with Gasteiger partial charge in [-0.2, -0.15) is 5.21 Å². The van der Waals surface area contributed by atoms with Crippen LogP contribution in [0.15, 0.2) is 42.7 Å². The Hall–Kier alpha value is -4.61. The van der Waals surface area contributed by atoms with E-state index in [1.54, 1.807) is 19.1 Å². The fourth-order valence-corrected chi connectivity index (χ4v) is 4.28. The van der Waals surface area contributed by atoms with E-state index in [2.05, 4.69) is 35.9 Å². The number of aromatic nitrogens is 7. The molecule has 5 aromatic rings. The third-order valence-electron chi connectivity index (χ3n) is 5.90. The Balaban J connectivity index is 1.37. The van der Waals surface area contributed by atoms with Crippen molar-refractivity contribution in [2.75, 3.05) is 25.6 Å². The van der Waals surface area contributed by atoms with Gasteiger partial charge >= 0.3 is 0 Å². The molecule has 190 valence electrons. The van der Waals surface area contributed by atoms with Crippen LogP contribution in [0.25, 0.3) is 33.5 Å². The molecular weight excluding hydrogens is 482 g/mol. The summed E-state index contributed by atoms with van der Waals surface area (Å²) in [7, 11) is 1.52. The first-order valence-corrected chi connectivity index (χ1v) is 11.6. The molecule has 0 amide bonds. The quantitative estimate of drug-likeness (QED) is 0.303. The predicted molar refractivity (Wildman–Crippen MR) is 133 cm³/mol. The fraction of sp³-hybridized carbons (Fsp3) is 0.240. The Bertz CT molecular complexity index is 1550. The summed E-state index contributed by atoms with van der Waals surface area (Å²) in [6, 6.07) is 9.60. The van der Waals surface area contributed by atoms with Gasteiger partial charge in [0.2, 0.25) is 5.82 Å². The van der Waals surface area contributed by atoms with Crippen LogP contribution in [0.4, 0.5) is 14.6 Å². The zero-order chi connectivity index (χ0) is 25.9. The Morgan fingerprint density at radius 1 is 1.05 bits per heavy atom. The van der Waals surface area contributed by atoms with Gasteiger partial charge in [0.05, 0.1) is 24.9 Å². The van der Waals surface area contributed by atoms with Crippen LogP contribution >= 0.6 is 0 Å². The smallest absolute Gasteiger partial charge is 0.211 e. The number of nitrogens with one attached hydrogen (secondary N) is 2. The van der Waals surface area contributed by atoms with E-state index in [9.17, 15) is 4.39 Å². The normalized spacial score (nSPS) is 11.2. The summed E-state index contributed by atoms with van der Waals surface area (Å²) in [5, 5.41) is 17.7. The van der Waals surface area contributed by atoms with Crippen LogP contribution in [0.1, 0.15) is 12.6 Å². The number of nitrogens with zero attached hydrogens (tertiary/aromatic N) is 6. The van der Waals surface area contributed by atoms with Gasteiger partial charge in [0.1, 0.15) is 40.8 Å². The Morgan fingerprint density at radius 2 is 1.92 bits per heavy atom. The van der Waals surface area contributed by atoms with Crippen molar-refractivity contribution in [2.45, 2.75) is 20.4 Å². The van der Waals surface area contributed by atoms with Gasteiger partial charge in [0, 0.05) is 41.9 Å². The molecule has 0 saturated carbocycles. The highest BCUT2D eigenvalue weighted by atomic mass is 19.1. The van der Waals surface area contributed by atoms with Crippen molar-refractivity contribution in [3.05, 3.63) is 60.1 Å². The van der Waals surface area contributed by atoms with Gasteiger partial charge in [0.15, 0.2) is 0 Å². The van der Waals surface area contributed by atoms with Crippen molar-refractivity contribution in [3.8, 4) is 34.1 Å². The third-order valence-corrected chi connectivity index (χ3v) is 5.90. The summed E-state index contributed by atoms with van der Waals surface area (Å²) in [5.74, 6) is 0.513. The van der Waals surface area contributed by atoms with Gasteiger partial charge in [-0.3, -0.25) is 0 Å². The summed E-state index contributed by atoms with van der Waals surface area (Å²) in [5.41, 5.74) is 2.86. The lowest BCUT2D eigenvalue weighted by atomic mass is 10.1. The highest BCUT2D eigenvalue weighted by molar-refractivity contribution is 5.87. The number of hydrogen-bond acceptors (Lipinski definition) is 8. The summed E-state index contributed by atoms with van der Waals surface area (Å²) >= 11 is 0. The lowest BCUT2D eigenvalue weighted by molar-refractivity contribution is 0.340. The molecular formula is C25H24F2N8O2. The van der Waals surface area contributed by atoms with Crippen LogP contribution in [0.2, 0.25) is 0 Å². The zero-order valence-corrected chi connectivity index (χ0v) is 20.4. The van der Waals surface area contributed by atoms with Crippen LogP contribution in [-0.2, 0) is 6.54 Å². The number of halogens is 2. The summed E-state index contributed by atoms with van der Waals surface area (Å²) in [6.45, 7) is 5.16. The monoisotopic (exact) mass is 506 g/mol. The number of aryl methyl sites for hydroxylation is 1. The molecule has 0 bridgehead atoms. The molecule has 0 aliphatic rings. The third kappa shape index (κ3) is 4.77. The Kier molecular flexibility index (Phi) is 6.62. The van der Waals surface area contributed by atoms with Crippen LogP contribution in [-0.4, -0.2) is 55.4 Å². The number of aromatic amines is 1. The minimum absolute atomic E-state index is 0.0999. The molecule has 0 atom stereocenters. The molecule has 2 aromatic carbocycles. The second-order valence-electron chi connectivity index (χ2n) is 8.19. The van der Waals surface area contributed by atoms with Gasteiger partial charge in [-0.25, -0.2) is 18.7 Å². The largest absolute Gasteiger partial charge is 0.496 e. The van der Waals surface area contributed by atoms with Crippen LogP contribution in [0.3, 0.4) is 0 Å². The van der Waals surface area contributed by atoms with Crippen molar-refractivity contribution < 1.29 is 18.3 Å². The minimum atomic E-state index is -0.562. The Morgan fingerprint density at radius 3 is 2.68 bits per heavy atom. The first-order valence-electron chi connectivity index (χ1n) is 11.6. The maximum absolute atomic E-state index is 15.1. The average molecular weight is 507 g/mol. The molecule has 0 saturated heterocycles. The van der Waals surface area contributed by atoms with Crippen molar-refractivity contribution in [3.63, 3.8) is 0 Å². The molecule has 2 N–H and O–H groups in total. The lowest BCUT2D eigenvalue weighted by Gasteiger charge is -2.13. The first kappa shape index (κ1) is 24.1. The van der Waals surface area contributed by atoms with E-state index in [1.165, 1.54) is 31.6 Å². The second-order valence-corrected chi connectivity index (χ2v) is 8.19. The molecule has 0 aliphatic carbocycles. The predicted octanol–water partition coefficient (Wildman–Crippen LogP) is 4.38. The topological polar surface area (TPSA) is 116 Å². The van der Waals surface area contributed by atoms with Gasteiger partial charge in [0.25, 0.3) is 0 Å². The highest BCUT2D eigenvalue weighted by Gasteiger charge is 2.19. The van der Waals surface area contributed by atoms with Gasteiger partial charge in [-0.1, -0.05) is 0 Å². The van der Waals surface area contributed by atoms with Crippen molar-refractivity contribution >= 4 is 16.7 Å². The molecule has 0 aliphatic heterocycles. The number of H-pyrrole nitrogens is 1. The standard InChI is InChI=1S/C25H24F2N8O2/c1-4-37-22-9-15(8-18(27)24(22)25-31-33-34-32-25)19-12-23(30-13-29-19)28-5-6-35-14(2)7-17-20(35)10-16(26)11-21(17)36-3/h7-13H,4-6H2,1-3H3,(H,28,29,30)(H,31,32,33,34). The molecule has 5 rings (SSSR count). The molecule has 0 fully saturated rings. The molecule has 0 spiro atoms. The van der Waals surface area contributed by atoms with Crippen molar-refractivity contribution in [1.29, 1.82) is 0 Å². The first-order chi connectivity index (χ1) is 18.0. The molecule has 0 unspecified atom stereocenters. The maximum atomic E-state index is 15.1. The van der Waals surface area contributed by atoms with E-state index in [4.69, 9.17) is 9.47 Å². The number of rotatable bonds is 9. The lowest BCUT2D eigenvalue weighted by Crippen LogP contribution is -2.12. The van der Waals surface area contributed by atoms with E-state index in [-0.39, 0.29) is 23.0 Å². The van der Waals surface area contributed by atoms with E-state index in [1.807, 2.05) is 17.6 Å². The van der Waals surface area contributed by atoms with E-state index >= 15 is 4.39 Å². The van der Waals surface area contributed by atoms with Gasteiger partial charge in [-0.15, -0.1) is 10.2 Å². The zero-order valence-electron chi connectivity index (χ0n) is 20.4. The molecule has 3 aromatic heterocycles. The number of tetrazole rings is 1. The molecule has 10 nitrogen and oxygen atoms in total. The highest BCUT2D eigenvalue weighted by Crippen LogP contribution is 2.35. The maximum Gasteiger partial charge on any atom is 0.211 e.